The molecule has 108 valence electrons. The lowest BCUT2D eigenvalue weighted by atomic mass is 10.0. The molecule has 5 nitrogen and oxygen atoms in total. The fourth-order valence-electron chi connectivity index (χ4n) is 2.06. The van der Waals surface area contributed by atoms with Crippen LogP contribution in [-0.2, 0) is 14.6 Å². The van der Waals surface area contributed by atoms with Crippen molar-refractivity contribution in [2.24, 2.45) is 5.92 Å². The van der Waals surface area contributed by atoms with Crippen LogP contribution in [0, 0.1) is 17.2 Å². The van der Waals surface area contributed by atoms with Gasteiger partial charge in [0.05, 0.1) is 6.07 Å². The molecule has 1 amide bonds. The lowest BCUT2D eigenvalue weighted by Crippen LogP contribution is -2.52. The van der Waals surface area contributed by atoms with E-state index in [1.54, 1.807) is 18.7 Å². The summed E-state index contributed by atoms with van der Waals surface area (Å²) in [4.78, 5) is 13.7. The largest absolute Gasteiger partial charge is 0.323 e. The number of thioether (sulfide) groups is 1. The van der Waals surface area contributed by atoms with Gasteiger partial charge in [0.1, 0.15) is 11.3 Å². The molecule has 1 rings (SSSR count). The van der Waals surface area contributed by atoms with Gasteiger partial charge in [0.2, 0.25) is 5.91 Å². The number of carbonyl (C=O) groups excluding carboxylic acids is 1. The topological polar surface area (TPSA) is 78.2 Å². The predicted octanol–water partition coefficient (Wildman–Crippen LogP) is 1.26. The normalized spacial score (nSPS) is 21.7. The summed E-state index contributed by atoms with van der Waals surface area (Å²) in [6.07, 6.45) is 1.22. The molecule has 0 saturated carbocycles. The van der Waals surface area contributed by atoms with Crippen LogP contribution < -0.4 is 0 Å². The third kappa shape index (κ3) is 3.86. The van der Waals surface area contributed by atoms with Crippen molar-refractivity contribution in [2.75, 3.05) is 23.8 Å². The first kappa shape index (κ1) is 16.3. The van der Waals surface area contributed by atoms with Gasteiger partial charge in [-0.05, 0) is 6.42 Å². The van der Waals surface area contributed by atoms with Crippen LogP contribution in [0.25, 0.3) is 0 Å². The van der Waals surface area contributed by atoms with Gasteiger partial charge in [0, 0.05) is 23.8 Å². The van der Waals surface area contributed by atoms with Gasteiger partial charge in [-0.25, -0.2) is 8.42 Å². The Morgan fingerprint density at radius 1 is 1.53 bits per heavy atom. The minimum atomic E-state index is -3.30. The van der Waals surface area contributed by atoms with Gasteiger partial charge in [-0.3, -0.25) is 4.79 Å². The molecule has 1 aliphatic rings. The van der Waals surface area contributed by atoms with E-state index in [9.17, 15) is 13.2 Å². The Balaban J connectivity index is 2.95. The summed E-state index contributed by atoms with van der Waals surface area (Å²) < 4.78 is 24.1. The number of hydrogen-bond acceptors (Lipinski definition) is 5. The maximum absolute atomic E-state index is 12.3. The van der Waals surface area contributed by atoms with E-state index in [-0.39, 0.29) is 11.7 Å². The summed E-state index contributed by atoms with van der Waals surface area (Å²) in [6.45, 7) is 3.91. The van der Waals surface area contributed by atoms with Gasteiger partial charge in [-0.1, -0.05) is 20.3 Å². The zero-order valence-corrected chi connectivity index (χ0v) is 13.0. The van der Waals surface area contributed by atoms with Crippen molar-refractivity contribution in [3.8, 4) is 6.07 Å². The van der Waals surface area contributed by atoms with Crippen molar-refractivity contribution >= 4 is 27.5 Å². The van der Waals surface area contributed by atoms with Crippen molar-refractivity contribution in [1.29, 1.82) is 5.26 Å². The highest BCUT2D eigenvalue weighted by Gasteiger charge is 2.38. The van der Waals surface area contributed by atoms with Crippen LogP contribution in [0.1, 0.15) is 26.7 Å². The van der Waals surface area contributed by atoms with E-state index >= 15 is 0 Å². The van der Waals surface area contributed by atoms with E-state index in [0.717, 1.165) is 12.2 Å². The molecular weight excluding hydrogens is 284 g/mol. The van der Waals surface area contributed by atoms with Gasteiger partial charge in [0.15, 0.2) is 9.84 Å². The van der Waals surface area contributed by atoms with Crippen molar-refractivity contribution in [3.63, 3.8) is 0 Å². The van der Waals surface area contributed by atoms with Crippen LogP contribution in [0.3, 0.4) is 0 Å². The van der Waals surface area contributed by atoms with Crippen LogP contribution in [0.15, 0.2) is 0 Å². The van der Waals surface area contributed by atoms with Gasteiger partial charge >= 0.3 is 0 Å². The maximum Gasteiger partial charge on any atom is 0.241 e. The number of amides is 1. The smallest absolute Gasteiger partial charge is 0.241 e. The number of nitrogens with zero attached hydrogens (tertiary/aromatic N) is 2. The standard InChI is InChI=1S/C12H20N2O3S2/c1-3-5-10(8-13)12(15)14-6-7-18-9-11(14)19(16,17)4-2/h10-11H,3-7,9H2,1-2H3. The molecule has 0 aromatic heterocycles. The van der Waals surface area contributed by atoms with Crippen LogP contribution in [0.4, 0.5) is 0 Å². The van der Waals surface area contributed by atoms with Crippen LogP contribution >= 0.6 is 11.8 Å². The fraction of sp³-hybridized carbons (Fsp3) is 0.833. The Bertz CT molecular complexity index is 456. The fourth-order valence-corrected chi connectivity index (χ4v) is 5.03. The summed E-state index contributed by atoms with van der Waals surface area (Å²) in [5.41, 5.74) is 0. The third-order valence-electron chi connectivity index (χ3n) is 3.22. The van der Waals surface area contributed by atoms with Crippen LogP contribution in [-0.4, -0.2) is 48.4 Å². The van der Waals surface area contributed by atoms with E-state index in [1.165, 1.54) is 4.90 Å². The maximum atomic E-state index is 12.3. The third-order valence-corrected chi connectivity index (χ3v) is 6.50. The summed E-state index contributed by atoms with van der Waals surface area (Å²) in [7, 11) is -3.30. The van der Waals surface area contributed by atoms with Gasteiger partial charge in [-0.15, -0.1) is 0 Å². The minimum Gasteiger partial charge on any atom is -0.323 e. The number of rotatable bonds is 5. The molecule has 1 fully saturated rings. The van der Waals surface area contributed by atoms with Crippen LogP contribution in [0.5, 0.6) is 0 Å². The average Bonchev–Trinajstić information content (AvgIpc) is 2.44. The quantitative estimate of drug-likeness (QED) is 0.764. The first-order valence-electron chi connectivity index (χ1n) is 6.47. The molecule has 2 atom stereocenters. The Morgan fingerprint density at radius 2 is 2.21 bits per heavy atom. The molecule has 0 spiro atoms. The highest BCUT2D eigenvalue weighted by Crippen LogP contribution is 2.24. The second-order valence-corrected chi connectivity index (χ2v) is 8.08. The summed E-state index contributed by atoms with van der Waals surface area (Å²) in [5.74, 6) is 0.111. The van der Waals surface area contributed by atoms with E-state index < -0.39 is 21.1 Å². The molecular formula is C12H20N2O3S2. The number of nitriles is 1. The molecule has 0 aromatic rings. The zero-order valence-electron chi connectivity index (χ0n) is 11.3. The van der Waals surface area contributed by atoms with Gasteiger partial charge in [-0.2, -0.15) is 17.0 Å². The molecule has 0 radical (unpaired) electrons. The summed E-state index contributed by atoms with van der Waals surface area (Å²) in [6, 6.07) is 2.00. The number of sulfone groups is 1. The van der Waals surface area contributed by atoms with Crippen molar-refractivity contribution in [2.45, 2.75) is 32.1 Å². The second kappa shape index (κ2) is 7.15. The second-order valence-electron chi connectivity index (χ2n) is 4.48. The molecule has 1 saturated heterocycles. The van der Waals surface area contributed by atoms with E-state index in [2.05, 4.69) is 0 Å². The lowest BCUT2D eigenvalue weighted by Gasteiger charge is -2.35. The molecule has 0 aliphatic carbocycles. The number of carbonyl (C=O) groups is 1. The number of hydrogen-bond donors (Lipinski definition) is 0. The summed E-state index contributed by atoms with van der Waals surface area (Å²) in [5, 5.41) is 8.29. The Labute approximate surface area is 119 Å². The van der Waals surface area contributed by atoms with Crippen LogP contribution in [0.2, 0.25) is 0 Å². The molecule has 2 unspecified atom stereocenters. The summed E-state index contributed by atoms with van der Waals surface area (Å²) >= 11 is 1.54. The van der Waals surface area contributed by atoms with E-state index in [4.69, 9.17) is 5.26 Å². The highest BCUT2D eigenvalue weighted by molar-refractivity contribution is 8.01. The first-order chi connectivity index (χ1) is 8.97. The predicted molar refractivity (Wildman–Crippen MR) is 76.3 cm³/mol. The molecule has 0 aromatic carbocycles. The van der Waals surface area contributed by atoms with Crippen molar-refractivity contribution in [3.05, 3.63) is 0 Å². The van der Waals surface area contributed by atoms with E-state index in [1.807, 2.05) is 13.0 Å². The Kier molecular flexibility index (Phi) is 6.14. The molecule has 7 heteroatoms. The molecule has 19 heavy (non-hydrogen) atoms. The zero-order chi connectivity index (χ0) is 14.5. The molecule has 1 heterocycles. The van der Waals surface area contributed by atoms with E-state index in [0.29, 0.717) is 18.7 Å². The SMILES string of the molecule is CCCC(C#N)C(=O)N1CCSCC1S(=O)(=O)CC. The van der Waals surface area contributed by atoms with Crippen molar-refractivity contribution < 1.29 is 13.2 Å². The van der Waals surface area contributed by atoms with Gasteiger partial charge < -0.3 is 4.90 Å². The lowest BCUT2D eigenvalue weighted by molar-refractivity contribution is -0.134. The Hall–Kier alpha value is -0.740. The average molecular weight is 304 g/mol. The van der Waals surface area contributed by atoms with Gasteiger partial charge in [0.25, 0.3) is 0 Å². The van der Waals surface area contributed by atoms with Crippen molar-refractivity contribution in [1.82, 2.24) is 4.90 Å². The molecule has 0 N–H and O–H groups in total. The highest BCUT2D eigenvalue weighted by atomic mass is 32.2. The monoisotopic (exact) mass is 304 g/mol. The minimum absolute atomic E-state index is 0.0208. The molecule has 1 aliphatic heterocycles. The Morgan fingerprint density at radius 3 is 2.74 bits per heavy atom. The first-order valence-corrected chi connectivity index (χ1v) is 9.34. The molecule has 0 bridgehead atoms.